The van der Waals surface area contributed by atoms with E-state index in [4.69, 9.17) is 0 Å². The van der Waals surface area contributed by atoms with Crippen molar-refractivity contribution in [3.05, 3.63) is 76.6 Å². The van der Waals surface area contributed by atoms with Gasteiger partial charge in [0, 0.05) is 12.0 Å². The minimum atomic E-state index is -0.208. The zero-order valence-corrected chi connectivity index (χ0v) is 15.1. The number of quaternary nitrogens is 1. The summed E-state index contributed by atoms with van der Waals surface area (Å²) in [6.07, 6.45) is 2.64. The van der Waals surface area contributed by atoms with Crippen molar-refractivity contribution in [2.24, 2.45) is 0 Å². The number of H-pyrrole nitrogens is 1. The molecule has 3 rings (SSSR count). The third-order valence-corrected chi connectivity index (χ3v) is 3.89. The molecule has 2 aromatic carbocycles. The van der Waals surface area contributed by atoms with Crippen molar-refractivity contribution >= 4 is 10.9 Å². The van der Waals surface area contributed by atoms with Gasteiger partial charge in [0.15, 0.2) is 0 Å². The fraction of sp³-hybridized carbons (Fsp3) is 0.222. The van der Waals surface area contributed by atoms with Gasteiger partial charge in [0.25, 0.3) is 0 Å². The number of halogens is 3. The summed E-state index contributed by atoms with van der Waals surface area (Å²) in [5.74, 6) is -0.208. The lowest BCUT2D eigenvalue weighted by Crippen LogP contribution is -3.00. The van der Waals surface area contributed by atoms with Gasteiger partial charge in [0.05, 0.1) is 13.1 Å². The van der Waals surface area contributed by atoms with Crippen molar-refractivity contribution in [3.8, 4) is 0 Å². The van der Waals surface area contributed by atoms with Crippen molar-refractivity contribution in [3.63, 3.8) is 0 Å². The van der Waals surface area contributed by atoms with Crippen LogP contribution in [-0.2, 0) is 13.1 Å². The van der Waals surface area contributed by atoms with Gasteiger partial charge < -0.3 is 30.1 Å². The molecule has 0 aliphatic rings. The molecule has 0 atom stereocenters. The van der Waals surface area contributed by atoms with Crippen LogP contribution >= 0.6 is 0 Å². The number of benzene rings is 2. The molecule has 0 unspecified atom stereocenters. The summed E-state index contributed by atoms with van der Waals surface area (Å²) < 4.78 is 14.5. The highest BCUT2D eigenvalue weighted by Crippen LogP contribution is 2.02. The lowest BCUT2D eigenvalue weighted by molar-refractivity contribution is -0.671. The summed E-state index contributed by atoms with van der Waals surface area (Å²) in [6, 6.07) is 14.1. The molecular formula is C18H20Cl2FN3O. The Morgan fingerprint density at radius 2 is 1.76 bits per heavy atom. The lowest BCUT2D eigenvalue weighted by atomic mass is 10.2. The van der Waals surface area contributed by atoms with E-state index < -0.39 is 0 Å². The highest BCUT2D eigenvalue weighted by Gasteiger charge is 2.09. The monoisotopic (exact) mass is 383 g/mol. The van der Waals surface area contributed by atoms with Crippen LogP contribution in [0.1, 0.15) is 12.0 Å². The molecule has 3 aromatic rings. The summed E-state index contributed by atoms with van der Waals surface area (Å²) in [5.41, 5.74) is 2.00. The molecule has 0 radical (unpaired) electrons. The van der Waals surface area contributed by atoms with Gasteiger partial charge in [-0.05, 0) is 24.3 Å². The molecule has 0 amide bonds. The van der Waals surface area contributed by atoms with Crippen molar-refractivity contribution in [1.82, 2.24) is 4.57 Å². The average molecular weight is 384 g/mol. The lowest BCUT2D eigenvalue weighted by Gasteiger charge is -2.02. The Morgan fingerprint density at radius 3 is 2.52 bits per heavy atom. The smallest absolute Gasteiger partial charge is 0.345 e. The van der Waals surface area contributed by atoms with Crippen LogP contribution in [0, 0.1) is 5.82 Å². The maximum atomic E-state index is 12.8. The Balaban J connectivity index is 0.00000156. The zero-order valence-electron chi connectivity index (χ0n) is 13.6. The number of para-hydroxylation sites is 1. The number of nitrogens with one attached hydrogen (secondary N) is 1. The van der Waals surface area contributed by atoms with E-state index in [9.17, 15) is 9.18 Å². The van der Waals surface area contributed by atoms with Crippen molar-refractivity contribution in [1.29, 1.82) is 0 Å². The maximum Gasteiger partial charge on any atom is 0.345 e. The molecule has 7 heteroatoms. The van der Waals surface area contributed by atoms with Crippen LogP contribution in [0.5, 0.6) is 0 Å². The summed E-state index contributed by atoms with van der Waals surface area (Å²) in [5, 5.41) is 2.88. The predicted octanol–water partition coefficient (Wildman–Crippen LogP) is -4.88. The first-order valence-corrected chi connectivity index (χ1v) is 7.80. The van der Waals surface area contributed by atoms with Crippen LogP contribution in [0.3, 0.4) is 0 Å². The van der Waals surface area contributed by atoms with Crippen LogP contribution < -0.4 is 40.7 Å². The van der Waals surface area contributed by atoms with E-state index in [-0.39, 0.29) is 36.2 Å². The van der Waals surface area contributed by atoms with Gasteiger partial charge in [0.1, 0.15) is 23.3 Å². The molecule has 4 nitrogen and oxygen atoms in total. The number of hydrogen-bond acceptors (Lipinski definition) is 1. The second-order valence-electron chi connectivity index (χ2n) is 5.58. The molecule has 0 saturated carbocycles. The third-order valence-electron chi connectivity index (χ3n) is 3.89. The fourth-order valence-corrected chi connectivity index (χ4v) is 2.62. The second-order valence-corrected chi connectivity index (χ2v) is 5.58. The summed E-state index contributed by atoms with van der Waals surface area (Å²) in [7, 11) is 0. The summed E-state index contributed by atoms with van der Waals surface area (Å²) >= 11 is 0. The van der Waals surface area contributed by atoms with E-state index in [0.29, 0.717) is 11.9 Å². The largest absolute Gasteiger partial charge is 1.00 e. The van der Waals surface area contributed by atoms with Gasteiger partial charge in [-0.3, -0.25) is 0 Å². The molecule has 0 saturated heterocycles. The Bertz CT molecular complexity index is 853. The highest BCUT2D eigenvalue weighted by atomic mass is 35.5. The normalized spacial score (nSPS) is 10.1. The maximum absolute atomic E-state index is 12.8. The Kier molecular flexibility index (Phi) is 8.55. The first-order chi connectivity index (χ1) is 11.2. The Hall–Kier alpha value is -1.95. The van der Waals surface area contributed by atoms with Crippen LogP contribution in [0.15, 0.2) is 59.7 Å². The standard InChI is InChI=1S/C18H18FN3O.2ClH/c19-15-8-6-14(7-9-15)12-20-10-3-11-22-13-21-17-5-2-1-4-16(17)18(22)23;;/h1-2,4-9,13,20H,3,10-12H2;2*1H. The van der Waals surface area contributed by atoms with Crippen LogP contribution in [0.2, 0.25) is 0 Å². The molecule has 0 fully saturated rings. The molecule has 134 valence electrons. The average Bonchev–Trinajstić information content (AvgIpc) is 2.58. The Morgan fingerprint density at radius 1 is 1.04 bits per heavy atom. The molecule has 1 aromatic heterocycles. The molecule has 25 heavy (non-hydrogen) atoms. The van der Waals surface area contributed by atoms with E-state index in [1.165, 1.54) is 12.1 Å². The van der Waals surface area contributed by atoms with Crippen molar-refractivity contribution < 1.29 is 39.5 Å². The van der Waals surface area contributed by atoms with Crippen molar-refractivity contribution in [2.75, 3.05) is 6.54 Å². The molecular weight excluding hydrogens is 364 g/mol. The number of nitrogens with two attached hydrogens (primary N) is 1. The SMILES string of the molecule is O=c1c2ccccc2[nH+]cn1CCC[NH2+]Cc1ccc(F)cc1.[Cl-].[Cl-]. The molecule has 0 bridgehead atoms. The first-order valence-electron chi connectivity index (χ1n) is 7.80. The number of aromatic amines is 1. The highest BCUT2D eigenvalue weighted by molar-refractivity contribution is 5.73. The first kappa shape index (κ1) is 21.1. The van der Waals surface area contributed by atoms with E-state index in [0.717, 1.165) is 30.6 Å². The quantitative estimate of drug-likeness (QED) is 0.426. The molecule has 1 heterocycles. The fourth-order valence-electron chi connectivity index (χ4n) is 2.62. The van der Waals surface area contributed by atoms with Crippen molar-refractivity contribution in [2.45, 2.75) is 19.5 Å². The topological polar surface area (TPSA) is 52.8 Å². The van der Waals surface area contributed by atoms with Crippen LogP contribution in [0.4, 0.5) is 4.39 Å². The van der Waals surface area contributed by atoms with E-state index in [1.807, 2.05) is 24.3 Å². The number of nitrogens with zero attached hydrogens (tertiary/aromatic N) is 1. The number of aromatic nitrogens is 2. The third kappa shape index (κ3) is 5.53. The van der Waals surface area contributed by atoms with Gasteiger partial charge in [0.2, 0.25) is 6.33 Å². The van der Waals surface area contributed by atoms with E-state index in [1.54, 1.807) is 23.0 Å². The van der Waals surface area contributed by atoms with Gasteiger partial charge in [-0.15, -0.1) is 0 Å². The van der Waals surface area contributed by atoms with Crippen LogP contribution in [-0.4, -0.2) is 11.1 Å². The zero-order chi connectivity index (χ0) is 16.1. The molecule has 0 aliphatic heterocycles. The van der Waals surface area contributed by atoms with Gasteiger partial charge >= 0.3 is 5.56 Å². The number of rotatable bonds is 6. The number of aryl methyl sites for hydroxylation is 1. The van der Waals surface area contributed by atoms with Gasteiger partial charge in [-0.25, -0.2) is 14.2 Å². The van der Waals surface area contributed by atoms with Crippen LogP contribution in [0.25, 0.3) is 10.9 Å². The van der Waals surface area contributed by atoms with Gasteiger partial charge in [-0.1, -0.05) is 24.3 Å². The molecule has 0 spiro atoms. The number of hydrogen-bond donors (Lipinski definition) is 1. The molecule has 0 aliphatic carbocycles. The van der Waals surface area contributed by atoms with E-state index in [2.05, 4.69) is 10.3 Å². The minimum Gasteiger partial charge on any atom is -1.00 e. The molecule has 3 N–H and O–H groups in total. The summed E-state index contributed by atoms with van der Waals surface area (Å²) in [4.78, 5) is 15.5. The predicted molar refractivity (Wildman–Crippen MR) is 86.3 cm³/mol. The Labute approximate surface area is 157 Å². The van der Waals surface area contributed by atoms with Gasteiger partial charge in [-0.2, -0.15) is 4.57 Å². The second kappa shape index (κ2) is 10.1. The van der Waals surface area contributed by atoms with E-state index >= 15 is 0 Å². The summed E-state index contributed by atoms with van der Waals surface area (Å²) in [6.45, 7) is 2.41. The number of fused-ring (bicyclic) bond motifs is 1. The minimum absolute atomic E-state index is 0.